The van der Waals surface area contributed by atoms with Gasteiger partial charge in [0, 0.05) is 44.8 Å². The van der Waals surface area contributed by atoms with E-state index in [1.807, 2.05) is 28.7 Å². The summed E-state index contributed by atoms with van der Waals surface area (Å²) in [5.74, 6) is 0.599. The molecule has 2 fully saturated rings. The van der Waals surface area contributed by atoms with Gasteiger partial charge >= 0.3 is 0 Å². The highest BCUT2D eigenvalue weighted by molar-refractivity contribution is 5.95. The second-order valence-corrected chi connectivity index (χ2v) is 8.85. The van der Waals surface area contributed by atoms with Crippen LogP contribution in [0.15, 0.2) is 30.5 Å². The second-order valence-electron chi connectivity index (χ2n) is 8.85. The largest absolute Gasteiger partial charge is 0.341 e. The van der Waals surface area contributed by atoms with Gasteiger partial charge in [-0.2, -0.15) is 0 Å². The van der Waals surface area contributed by atoms with Gasteiger partial charge < -0.3 is 9.80 Å². The maximum absolute atomic E-state index is 13.1. The molecule has 32 heavy (non-hydrogen) atoms. The number of benzene rings is 1. The summed E-state index contributed by atoms with van der Waals surface area (Å²) in [6, 6.07) is 6.34. The highest BCUT2D eigenvalue weighted by Crippen LogP contribution is 2.26. The van der Waals surface area contributed by atoms with Crippen LogP contribution in [0.1, 0.15) is 52.6 Å². The average Bonchev–Trinajstić information content (AvgIpc) is 3.47. The number of amides is 2. The van der Waals surface area contributed by atoms with Crippen molar-refractivity contribution < 1.29 is 14.0 Å². The summed E-state index contributed by atoms with van der Waals surface area (Å²) < 4.78 is 13.1. The van der Waals surface area contributed by atoms with E-state index in [4.69, 9.17) is 0 Å². The Balaban J connectivity index is 1.32. The highest BCUT2D eigenvalue weighted by atomic mass is 19.1. The number of aromatic nitrogens is 2. The lowest BCUT2D eigenvalue weighted by molar-refractivity contribution is -0.131. The molecule has 2 amide bonds. The smallest absolute Gasteiger partial charge is 0.257 e. The van der Waals surface area contributed by atoms with Gasteiger partial charge in [0.1, 0.15) is 11.6 Å². The van der Waals surface area contributed by atoms with Crippen molar-refractivity contribution in [2.75, 3.05) is 39.8 Å². The number of halogens is 1. The summed E-state index contributed by atoms with van der Waals surface area (Å²) in [4.78, 5) is 40.2. The number of likely N-dealkylation sites (N-methyl/N-ethyl adjacent to an activating group) is 1. The molecule has 7 nitrogen and oxygen atoms in total. The summed E-state index contributed by atoms with van der Waals surface area (Å²) in [5, 5.41) is 0. The summed E-state index contributed by atoms with van der Waals surface area (Å²) in [6.07, 6.45) is 4.56. The zero-order valence-electron chi connectivity index (χ0n) is 18.8. The van der Waals surface area contributed by atoms with Crippen molar-refractivity contribution in [3.05, 3.63) is 58.9 Å². The predicted octanol–water partition coefficient (Wildman–Crippen LogP) is 2.61. The van der Waals surface area contributed by atoms with Crippen molar-refractivity contribution in [3.63, 3.8) is 0 Å². The molecule has 0 saturated carbocycles. The molecule has 0 aliphatic carbocycles. The molecule has 4 rings (SSSR count). The first kappa shape index (κ1) is 22.3. The van der Waals surface area contributed by atoms with Crippen LogP contribution in [0.4, 0.5) is 4.39 Å². The van der Waals surface area contributed by atoms with E-state index in [1.54, 1.807) is 18.3 Å². The molecule has 1 atom stereocenters. The van der Waals surface area contributed by atoms with Crippen molar-refractivity contribution in [1.82, 2.24) is 24.7 Å². The van der Waals surface area contributed by atoms with Crippen molar-refractivity contribution in [2.45, 2.75) is 38.6 Å². The van der Waals surface area contributed by atoms with Crippen LogP contribution in [0.5, 0.6) is 0 Å². The first-order chi connectivity index (χ1) is 15.4. The van der Waals surface area contributed by atoms with Crippen molar-refractivity contribution in [1.29, 1.82) is 0 Å². The molecular formula is C24H30FN5O2. The fourth-order valence-electron chi connectivity index (χ4n) is 4.47. The van der Waals surface area contributed by atoms with E-state index in [2.05, 4.69) is 9.97 Å². The number of nitrogens with zero attached hydrogens (tertiary/aromatic N) is 5. The Hall–Kier alpha value is -2.87. The van der Waals surface area contributed by atoms with Gasteiger partial charge in [-0.15, -0.1) is 0 Å². The summed E-state index contributed by atoms with van der Waals surface area (Å²) in [5.41, 5.74) is 2.24. The third-order valence-corrected chi connectivity index (χ3v) is 6.30. The first-order valence-corrected chi connectivity index (χ1v) is 11.2. The number of carbonyl (C=O) groups is 2. The molecular weight excluding hydrogens is 409 g/mol. The van der Waals surface area contributed by atoms with Crippen LogP contribution in [0.3, 0.4) is 0 Å². The normalized spacial score (nSPS) is 18.6. The topological polar surface area (TPSA) is 69.6 Å². The van der Waals surface area contributed by atoms with E-state index in [1.165, 1.54) is 12.1 Å². The molecule has 1 aromatic carbocycles. The summed E-state index contributed by atoms with van der Waals surface area (Å²) in [6.45, 7) is 5.60. The molecule has 2 aliphatic rings. The van der Waals surface area contributed by atoms with Gasteiger partial charge in [0.15, 0.2) is 0 Å². The van der Waals surface area contributed by atoms with E-state index in [9.17, 15) is 14.0 Å². The fourth-order valence-corrected chi connectivity index (χ4v) is 4.47. The third kappa shape index (κ3) is 5.12. The maximum Gasteiger partial charge on any atom is 0.257 e. The van der Waals surface area contributed by atoms with Gasteiger partial charge in [0.25, 0.3) is 5.91 Å². The molecule has 0 unspecified atom stereocenters. The minimum absolute atomic E-state index is 0.0129. The molecule has 8 heteroatoms. The first-order valence-electron chi connectivity index (χ1n) is 11.2. The molecule has 3 heterocycles. The van der Waals surface area contributed by atoms with E-state index in [0.29, 0.717) is 43.3 Å². The number of hydrogen-bond donors (Lipinski definition) is 0. The van der Waals surface area contributed by atoms with Crippen LogP contribution in [-0.4, -0.2) is 76.3 Å². The van der Waals surface area contributed by atoms with Crippen LogP contribution in [0.25, 0.3) is 0 Å². The Morgan fingerprint density at radius 2 is 1.84 bits per heavy atom. The van der Waals surface area contributed by atoms with Crippen LogP contribution < -0.4 is 0 Å². The summed E-state index contributed by atoms with van der Waals surface area (Å²) >= 11 is 0. The van der Waals surface area contributed by atoms with Crippen LogP contribution in [0.2, 0.25) is 0 Å². The summed E-state index contributed by atoms with van der Waals surface area (Å²) in [7, 11) is 1.89. The Morgan fingerprint density at radius 1 is 1.12 bits per heavy atom. The van der Waals surface area contributed by atoms with Gasteiger partial charge in [-0.1, -0.05) is 12.1 Å². The minimum atomic E-state index is -0.263. The van der Waals surface area contributed by atoms with E-state index in [-0.39, 0.29) is 23.5 Å². The SMILES string of the molecule is Cc1nc([C@@H]2CCN(C(=O)CN(C)Cc3ccc(F)cc3)C2)ncc1C(=O)N1CCCC1. The number of aryl methyl sites for hydroxylation is 1. The quantitative estimate of drug-likeness (QED) is 0.692. The Kier molecular flexibility index (Phi) is 6.79. The molecule has 170 valence electrons. The van der Waals surface area contributed by atoms with Crippen molar-refractivity contribution >= 4 is 11.8 Å². The molecule has 0 radical (unpaired) electrons. The second kappa shape index (κ2) is 9.73. The molecule has 0 N–H and O–H groups in total. The monoisotopic (exact) mass is 439 g/mol. The zero-order chi connectivity index (χ0) is 22.7. The Bertz CT molecular complexity index is 975. The molecule has 0 spiro atoms. The number of hydrogen-bond acceptors (Lipinski definition) is 5. The molecule has 1 aromatic heterocycles. The lowest BCUT2D eigenvalue weighted by Crippen LogP contribution is -2.37. The number of likely N-dealkylation sites (tertiary alicyclic amines) is 2. The zero-order valence-corrected chi connectivity index (χ0v) is 18.8. The van der Waals surface area contributed by atoms with E-state index >= 15 is 0 Å². The van der Waals surface area contributed by atoms with E-state index < -0.39 is 0 Å². The number of carbonyl (C=O) groups excluding carboxylic acids is 2. The van der Waals surface area contributed by atoms with Crippen LogP contribution in [-0.2, 0) is 11.3 Å². The molecule has 2 aromatic rings. The van der Waals surface area contributed by atoms with Crippen LogP contribution in [0, 0.1) is 12.7 Å². The van der Waals surface area contributed by atoms with Gasteiger partial charge in [-0.3, -0.25) is 14.5 Å². The molecule has 2 aliphatic heterocycles. The number of rotatable bonds is 6. The highest BCUT2D eigenvalue weighted by Gasteiger charge is 2.30. The van der Waals surface area contributed by atoms with Crippen molar-refractivity contribution in [3.8, 4) is 0 Å². The maximum atomic E-state index is 13.1. The van der Waals surface area contributed by atoms with Gasteiger partial charge in [-0.25, -0.2) is 14.4 Å². The lowest BCUT2D eigenvalue weighted by atomic mass is 10.1. The van der Waals surface area contributed by atoms with Gasteiger partial charge in [-0.05, 0) is 50.9 Å². The Morgan fingerprint density at radius 3 is 2.53 bits per heavy atom. The third-order valence-electron chi connectivity index (χ3n) is 6.30. The van der Waals surface area contributed by atoms with Crippen molar-refractivity contribution in [2.24, 2.45) is 0 Å². The lowest BCUT2D eigenvalue weighted by Gasteiger charge is -2.22. The predicted molar refractivity (Wildman–Crippen MR) is 119 cm³/mol. The fraction of sp³-hybridized carbons (Fsp3) is 0.500. The minimum Gasteiger partial charge on any atom is -0.341 e. The van der Waals surface area contributed by atoms with Gasteiger partial charge in [0.2, 0.25) is 5.91 Å². The van der Waals surface area contributed by atoms with Crippen LogP contribution >= 0.6 is 0 Å². The molecule has 2 saturated heterocycles. The van der Waals surface area contributed by atoms with Gasteiger partial charge in [0.05, 0.1) is 17.8 Å². The molecule has 0 bridgehead atoms. The standard InChI is InChI=1S/C24H30FN5O2/c1-17-21(24(32)29-10-3-4-11-29)13-26-23(27-17)19-9-12-30(15-19)22(31)16-28(2)14-18-5-7-20(25)8-6-18/h5-8,13,19H,3-4,9-12,14-16H2,1-2H3/t19-/m1/s1. The Labute approximate surface area is 188 Å². The average molecular weight is 440 g/mol. The van der Waals surface area contributed by atoms with E-state index in [0.717, 1.165) is 37.9 Å².